The molecule has 0 aliphatic carbocycles. The molecular formula is C15H25N3O2. The highest BCUT2D eigenvalue weighted by Crippen LogP contribution is 2.25. The number of hydrogen-bond donors (Lipinski definition) is 0. The number of ether oxygens (including phenoxy) is 2. The fraction of sp³-hybridized carbons (Fsp3) is 0.733. The number of aromatic nitrogens is 2. The van der Waals surface area contributed by atoms with Crippen LogP contribution in [0.2, 0.25) is 0 Å². The molecule has 1 atom stereocenters. The Morgan fingerprint density at radius 1 is 1.50 bits per heavy atom. The van der Waals surface area contributed by atoms with Crippen molar-refractivity contribution in [1.82, 2.24) is 9.97 Å². The van der Waals surface area contributed by atoms with Gasteiger partial charge in [0.25, 0.3) is 0 Å². The number of nitrogens with zero attached hydrogens (tertiary/aromatic N) is 3. The van der Waals surface area contributed by atoms with E-state index in [0.717, 1.165) is 24.7 Å². The average Bonchev–Trinajstić information content (AvgIpc) is 2.37. The lowest BCUT2D eigenvalue weighted by Gasteiger charge is -2.43. The molecule has 5 heteroatoms. The summed E-state index contributed by atoms with van der Waals surface area (Å²) in [5, 5.41) is 0. The smallest absolute Gasteiger partial charge is 0.133 e. The summed E-state index contributed by atoms with van der Waals surface area (Å²) in [6.45, 7) is 10.6. The molecule has 0 saturated carbocycles. The number of rotatable bonds is 4. The molecule has 5 nitrogen and oxygen atoms in total. The summed E-state index contributed by atoms with van der Waals surface area (Å²) in [6, 6.07) is 1.97. The second kappa shape index (κ2) is 6.06. The zero-order valence-electron chi connectivity index (χ0n) is 13.1. The quantitative estimate of drug-likeness (QED) is 0.846. The van der Waals surface area contributed by atoms with Crippen molar-refractivity contribution in [2.75, 3.05) is 31.7 Å². The number of anilines is 1. The van der Waals surface area contributed by atoms with E-state index in [1.54, 1.807) is 7.11 Å². The van der Waals surface area contributed by atoms with Gasteiger partial charge in [-0.05, 0) is 19.9 Å². The predicted octanol–water partition coefficient (Wildman–Crippen LogP) is 2.23. The van der Waals surface area contributed by atoms with Crippen LogP contribution in [0.15, 0.2) is 12.3 Å². The zero-order valence-corrected chi connectivity index (χ0v) is 13.1. The molecule has 0 aromatic carbocycles. The molecule has 0 N–H and O–H groups in total. The van der Waals surface area contributed by atoms with E-state index in [1.165, 1.54) is 0 Å². The second-order valence-electron chi connectivity index (χ2n) is 6.26. The first-order valence-electron chi connectivity index (χ1n) is 7.16. The van der Waals surface area contributed by atoms with E-state index in [2.05, 4.69) is 42.6 Å². The minimum atomic E-state index is -0.204. The van der Waals surface area contributed by atoms with Crippen LogP contribution in [-0.4, -0.2) is 48.5 Å². The topological polar surface area (TPSA) is 47.5 Å². The summed E-state index contributed by atoms with van der Waals surface area (Å²) in [7, 11) is 1.71. The minimum absolute atomic E-state index is 0.0706. The molecule has 1 aliphatic rings. The summed E-state index contributed by atoms with van der Waals surface area (Å²) in [4.78, 5) is 11.3. The third kappa shape index (κ3) is 3.67. The first kappa shape index (κ1) is 15.2. The van der Waals surface area contributed by atoms with E-state index in [4.69, 9.17) is 9.47 Å². The summed E-state index contributed by atoms with van der Waals surface area (Å²) in [5.41, 5.74) is -0.204. The van der Waals surface area contributed by atoms with Gasteiger partial charge in [-0.1, -0.05) is 13.8 Å². The van der Waals surface area contributed by atoms with Crippen LogP contribution < -0.4 is 4.90 Å². The summed E-state index contributed by atoms with van der Waals surface area (Å²) in [5.74, 6) is 2.19. The summed E-state index contributed by atoms with van der Waals surface area (Å²) in [6.07, 6.45) is 1.91. The van der Waals surface area contributed by atoms with Crippen molar-refractivity contribution in [3.63, 3.8) is 0 Å². The monoisotopic (exact) mass is 279 g/mol. The molecule has 0 spiro atoms. The van der Waals surface area contributed by atoms with Crippen LogP contribution in [0.3, 0.4) is 0 Å². The molecule has 1 aromatic rings. The number of methoxy groups -OCH3 is 1. The van der Waals surface area contributed by atoms with E-state index < -0.39 is 0 Å². The Morgan fingerprint density at radius 2 is 2.25 bits per heavy atom. The highest BCUT2D eigenvalue weighted by Gasteiger charge is 2.34. The third-order valence-corrected chi connectivity index (χ3v) is 3.33. The Bertz CT molecular complexity index is 448. The highest BCUT2D eigenvalue weighted by atomic mass is 16.5. The fourth-order valence-electron chi connectivity index (χ4n) is 2.56. The summed E-state index contributed by atoms with van der Waals surface area (Å²) < 4.78 is 11.3. The molecule has 2 rings (SSSR count). The van der Waals surface area contributed by atoms with Crippen molar-refractivity contribution in [2.45, 2.75) is 45.3 Å². The van der Waals surface area contributed by atoms with Gasteiger partial charge in [-0.3, -0.25) is 0 Å². The molecule has 112 valence electrons. The zero-order chi connectivity index (χ0) is 14.8. The van der Waals surface area contributed by atoms with E-state index in [9.17, 15) is 0 Å². The molecule has 1 saturated heterocycles. The van der Waals surface area contributed by atoms with Gasteiger partial charge in [-0.25, -0.2) is 9.97 Å². The van der Waals surface area contributed by atoms with Crippen LogP contribution in [0.5, 0.6) is 0 Å². The van der Waals surface area contributed by atoms with E-state index >= 15 is 0 Å². The van der Waals surface area contributed by atoms with Gasteiger partial charge in [-0.15, -0.1) is 0 Å². The molecule has 1 fully saturated rings. The maximum atomic E-state index is 6.03. The molecule has 1 aromatic heterocycles. The molecule has 0 radical (unpaired) electrons. The lowest BCUT2D eigenvalue weighted by Crippen LogP contribution is -2.54. The van der Waals surface area contributed by atoms with E-state index in [1.807, 2.05) is 12.3 Å². The largest absolute Gasteiger partial charge is 0.382 e. The molecule has 0 amide bonds. The van der Waals surface area contributed by atoms with Crippen molar-refractivity contribution in [1.29, 1.82) is 0 Å². The lowest BCUT2D eigenvalue weighted by atomic mass is 10.1. The minimum Gasteiger partial charge on any atom is -0.382 e. The van der Waals surface area contributed by atoms with Gasteiger partial charge in [0.05, 0.1) is 18.3 Å². The predicted molar refractivity (Wildman–Crippen MR) is 79.2 cm³/mol. The first-order chi connectivity index (χ1) is 9.41. The SMILES string of the molecule is COC[C@H]1CN(c2ccnc(C(C)C)n2)CC(C)(C)O1. The lowest BCUT2D eigenvalue weighted by molar-refractivity contribution is -0.106. The maximum Gasteiger partial charge on any atom is 0.133 e. The highest BCUT2D eigenvalue weighted by molar-refractivity contribution is 5.39. The second-order valence-corrected chi connectivity index (χ2v) is 6.26. The van der Waals surface area contributed by atoms with Gasteiger partial charge in [0.1, 0.15) is 11.6 Å². The van der Waals surface area contributed by atoms with Crippen LogP contribution in [0.4, 0.5) is 5.82 Å². The van der Waals surface area contributed by atoms with Crippen molar-refractivity contribution in [3.8, 4) is 0 Å². The number of morpholine rings is 1. The first-order valence-corrected chi connectivity index (χ1v) is 7.16. The molecule has 0 bridgehead atoms. The van der Waals surface area contributed by atoms with Gasteiger partial charge < -0.3 is 14.4 Å². The van der Waals surface area contributed by atoms with E-state index in [0.29, 0.717) is 12.5 Å². The Morgan fingerprint density at radius 3 is 2.90 bits per heavy atom. The van der Waals surface area contributed by atoms with Crippen molar-refractivity contribution in [2.24, 2.45) is 0 Å². The normalized spacial score (nSPS) is 22.3. The average molecular weight is 279 g/mol. The molecule has 0 unspecified atom stereocenters. The number of hydrogen-bond acceptors (Lipinski definition) is 5. The standard InChI is InChI=1S/C15H25N3O2/c1-11(2)14-16-7-6-13(17-14)18-8-12(9-19-5)20-15(3,4)10-18/h6-7,11-12H,8-10H2,1-5H3/t12-/m1/s1. The van der Waals surface area contributed by atoms with Gasteiger partial charge in [-0.2, -0.15) is 0 Å². The summed E-state index contributed by atoms with van der Waals surface area (Å²) >= 11 is 0. The van der Waals surface area contributed by atoms with Crippen molar-refractivity contribution >= 4 is 5.82 Å². The molecular weight excluding hydrogens is 254 g/mol. The Labute approximate surface area is 121 Å². The molecule has 2 heterocycles. The maximum absolute atomic E-state index is 6.03. The van der Waals surface area contributed by atoms with Gasteiger partial charge >= 0.3 is 0 Å². The van der Waals surface area contributed by atoms with E-state index in [-0.39, 0.29) is 11.7 Å². The van der Waals surface area contributed by atoms with Gasteiger partial charge in [0.2, 0.25) is 0 Å². The van der Waals surface area contributed by atoms with Gasteiger partial charge in [0, 0.05) is 32.3 Å². The Balaban J connectivity index is 2.20. The van der Waals surface area contributed by atoms with Crippen LogP contribution in [0, 0.1) is 0 Å². The van der Waals surface area contributed by atoms with Gasteiger partial charge in [0.15, 0.2) is 0 Å². The Kier molecular flexibility index (Phi) is 4.60. The third-order valence-electron chi connectivity index (χ3n) is 3.33. The van der Waals surface area contributed by atoms with Crippen LogP contribution in [-0.2, 0) is 9.47 Å². The van der Waals surface area contributed by atoms with Crippen molar-refractivity contribution < 1.29 is 9.47 Å². The Hall–Kier alpha value is -1.20. The van der Waals surface area contributed by atoms with Crippen LogP contribution in [0.1, 0.15) is 39.4 Å². The van der Waals surface area contributed by atoms with Crippen molar-refractivity contribution in [3.05, 3.63) is 18.1 Å². The molecule has 20 heavy (non-hydrogen) atoms. The van der Waals surface area contributed by atoms with Crippen LogP contribution >= 0.6 is 0 Å². The fourth-order valence-corrected chi connectivity index (χ4v) is 2.56. The molecule has 1 aliphatic heterocycles. The van der Waals surface area contributed by atoms with Crippen LogP contribution in [0.25, 0.3) is 0 Å².